The van der Waals surface area contributed by atoms with Crippen molar-refractivity contribution in [3.63, 3.8) is 0 Å². The summed E-state index contributed by atoms with van der Waals surface area (Å²) in [5, 5.41) is 3.34. The van der Waals surface area contributed by atoms with Crippen LogP contribution in [-0.4, -0.2) is 26.5 Å². The summed E-state index contributed by atoms with van der Waals surface area (Å²) in [6.45, 7) is 6.67. The maximum atomic E-state index is 12.7. The quantitative estimate of drug-likeness (QED) is 0.725. The van der Waals surface area contributed by atoms with Gasteiger partial charge in [-0.05, 0) is 53.9 Å². The molecule has 3 rings (SSSR count). The van der Waals surface area contributed by atoms with E-state index in [1.807, 2.05) is 0 Å². The van der Waals surface area contributed by atoms with Crippen LogP contribution in [0.15, 0.2) is 24.3 Å². The topological polar surface area (TPSA) is 106 Å². The van der Waals surface area contributed by atoms with Crippen molar-refractivity contribution in [1.82, 2.24) is 0 Å². The summed E-state index contributed by atoms with van der Waals surface area (Å²) in [5.74, 6) is -0.446. The first-order valence-electron chi connectivity index (χ1n) is 9.87. The molecular formula is C22H28N2O4S2. The number of hydrogen-bond acceptors (Lipinski definition) is 5. The van der Waals surface area contributed by atoms with Gasteiger partial charge in [0, 0.05) is 16.7 Å². The molecule has 0 spiro atoms. The minimum absolute atomic E-state index is 0.0761. The average molecular weight is 449 g/mol. The summed E-state index contributed by atoms with van der Waals surface area (Å²) in [7, 11) is -3.14. The SMILES string of the molecule is CC(C)(C)C1CCc2c(sc(NC(=O)c3ccc(CS(C)(=O)=O)cc3)c2C(N)=O)C1. The van der Waals surface area contributed by atoms with E-state index < -0.39 is 15.7 Å². The van der Waals surface area contributed by atoms with Gasteiger partial charge >= 0.3 is 0 Å². The number of carbonyl (C=O) groups is 2. The smallest absolute Gasteiger partial charge is 0.256 e. The van der Waals surface area contributed by atoms with Gasteiger partial charge in [-0.3, -0.25) is 9.59 Å². The molecule has 30 heavy (non-hydrogen) atoms. The molecule has 0 radical (unpaired) electrons. The third-order valence-electron chi connectivity index (χ3n) is 5.61. The molecule has 162 valence electrons. The zero-order chi connectivity index (χ0) is 22.3. The fourth-order valence-electron chi connectivity index (χ4n) is 3.90. The largest absolute Gasteiger partial charge is 0.365 e. The molecule has 0 bridgehead atoms. The van der Waals surface area contributed by atoms with Crippen LogP contribution in [0.1, 0.15) is 63.9 Å². The third-order valence-corrected chi connectivity index (χ3v) is 7.64. The van der Waals surface area contributed by atoms with Crippen LogP contribution in [0.3, 0.4) is 0 Å². The average Bonchev–Trinajstić information content (AvgIpc) is 2.97. The number of fused-ring (bicyclic) bond motifs is 1. The molecule has 8 heteroatoms. The zero-order valence-corrected chi connectivity index (χ0v) is 19.4. The molecule has 0 fully saturated rings. The van der Waals surface area contributed by atoms with Crippen LogP contribution in [0, 0.1) is 11.3 Å². The Labute approximate surface area is 181 Å². The Kier molecular flexibility index (Phi) is 6.11. The maximum Gasteiger partial charge on any atom is 0.256 e. The Morgan fingerprint density at radius 2 is 1.83 bits per heavy atom. The van der Waals surface area contributed by atoms with E-state index >= 15 is 0 Å². The van der Waals surface area contributed by atoms with Gasteiger partial charge in [-0.15, -0.1) is 11.3 Å². The van der Waals surface area contributed by atoms with Gasteiger partial charge in [0.1, 0.15) is 5.00 Å². The van der Waals surface area contributed by atoms with Crippen molar-refractivity contribution in [2.45, 2.75) is 45.8 Å². The summed E-state index contributed by atoms with van der Waals surface area (Å²) in [5.41, 5.74) is 8.22. The molecule has 1 unspecified atom stereocenters. The summed E-state index contributed by atoms with van der Waals surface area (Å²) in [4.78, 5) is 26.0. The number of thiophene rings is 1. The second-order valence-corrected chi connectivity index (χ2v) is 12.3. The van der Waals surface area contributed by atoms with Crippen molar-refractivity contribution in [2.75, 3.05) is 11.6 Å². The third kappa shape index (κ3) is 5.10. The van der Waals surface area contributed by atoms with E-state index in [1.54, 1.807) is 24.3 Å². The number of hydrogen-bond donors (Lipinski definition) is 2. The number of rotatable bonds is 5. The van der Waals surface area contributed by atoms with Crippen LogP contribution in [0.25, 0.3) is 0 Å². The highest BCUT2D eigenvalue weighted by Gasteiger charge is 2.33. The van der Waals surface area contributed by atoms with Gasteiger partial charge in [-0.1, -0.05) is 32.9 Å². The van der Waals surface area contributed by atoms with Crippen LogP contribution in [0.4, 0.5) is 5.00 Å². The minimum atomic E-state index is -3.14. The fraction of sp³-hybridized carbons (Fsp3) is 0.455. The Morgan fingerprint density at radius 3 is 2.37 bits per heavy atom. The van der Waals surface area contributed by atoms with Gasteiger partial charge in [0.15, 0.2) is 9.84 Å². The predicted molar refractivity (Wildman–Crippen MR) is 121 cm³/mol. The van der Waals surface area contributed by atoms with Gasteiger partial charge in [0.25, 0.3) is 11.8 Å². The summed E-state index contributed by atoms with van der Waals surface area (Å²) in [6, 6.07) is 6.42. The van der Waals surface area contributed by atoms with Crippen molar-refractivity contribution >= 4 is 38.0 Å². The molecular weight excluding hydrogens is 420 g/mol. The molecule has 1 atom stereocenters. The van der Waals surface area contributed by atoms with E-state index in [4.69, 9.17) is 5.73 Å². The van der Waals surface area contributed by atoms with E-state index in [-0.39, 0.29) is 17.1 Å². The fourth-order valence-corrected chi connectivity index (χ4v) is 6.03. The number of nitrogens with one attached hydrogen (secondary N) is 1. The number of sulfone groups is 1. The van der Waals surface area contributed by atoms with E-state index in [0.29, 0.717) is 27.6 Å². The first kappa shape index (κ1) is 22.5. The molecule has 0 saturated carbocycles. The monoisotopic (exact) mass is 448 g/mol. The standard InChI is InChI=1S/C22H28N2O4S2/c1-22(2,3)15-9-10-16-17(11-15)29-21(18(16)19(23)25)24-20(26)14-7-5-13(6-8-14)12-30(4,27)28/h5-8,15H,9-12H2,1-4H3,(H2,23,25)(H,24,26). The minimum Gasteiger partial charge on any atom is -0.365 e. The van der Waals surface area contributed by atoms with Crippen LogP contribution >= 0.6 is 11.3 Å². The van der Waals surface area contributed by atoms with E-state index in [2.05, 4.69) is 26.1 Å². The second kappa shape index (κ2) is 8.15. The highest BCUT2D eigenvalue weighted by Crippen LogP contribution is 2.44. The van der Waals surface area contributed by atoms with Crippen molar-refractivity contribution < 1.29 is 18.0 Å². The van der Waals surface area contributed by atoms with Crippen LogP contribution in [0.2, 0.25) is 0 Å². The Morgan fingerprint density at radius 1 is 1.20 bits per heavy atom. The zero-order valence-electron chi connectivity index (χ0n) is 17.7. The van der Waals surface area contributed by atoms with Crippen LogP contribution in [0.5, 0.6) is 0 Å². The Balaban J connectivity index is 1.84. The number of anilines is 1. The molecule has 1 aromatic carbocycles. The van der Waals surface area contributed by atoms with Crippen molar-refractivity contribution in [3.8, 4) is 0 Å². The van der Waals surface area contributed by atoms with Gasteiger partial charge in [0.2, 0.25) is 0 Å². The van der Waals surface area contributed by atoms with Crippen molar-refractivity contribution in [3.05, 3.63) is 51.4 Å². The number of nitrogens with two attached hydrogens (primary N) is 1. The molecule has 6 nitrogen and oxygen atoms in total. The number of amides is 2. The van der Waals surface area contributed by atoms with E-state index in [1.165, 1.54) is 17.6 Å². The highest BCUT2D eigenvalue weighted by molar-refractivity contribution is 7.89. The van der Waals surface area contributed by atoms with Crippen molar-refractivity contribution in [2.24, 2.45) is 17.1 Å². The molecule has 0 aliphatic heterocycles. The lowest BCUT2D eigenvalue weighted by Crippen LogP contribution is -2.27. The predicted octanol–water partition coefficient (Wildman–Crippen LogP) is 3.79. The summed E-state index contributed by atoms with van der Waals surface area (Å²) in [6.07, 6.45) is 3.81. The van der Waals surface area contributed by atoms with E-state index in [0.717, 1.165) is 29.7 Å². The Bertz CT molecular complexity index is 1080. The highest BCUT2D eigenvalue weighted by atomic mass is 32.2. The van der Waals surface area contributed by atoms with Gasteiger partial charge in [-0.2, -0.15) is 0 Å². The van der Waals surface area contributed by atoms with Crippen LogP contribution in [-0.2, 0) is 28.4 Å². The van der Waals surface area contributed by atoms with E-state index in [9.17, 15) is 18.0 Å². The molecule has 0 saturated heterocycles. The first-order valence-corrected chi connectivity index (χ1v) is 12.7. The molecule has 1 heterocycles. The first-order chi connectivity index (χ1) is 13.8. The molecule has 1 aliphatic rings. The molecule has 1 aliphatic carbocycles. The Hall–Kier alpha value is -2.19. The van der Waals surface area contributed by atoms with Crippen LogP contribution < -0.4 is 11.1 Å². The lowest BCUT2D eigenvalue weighted by atomic mass is 9.72. The molecule has 2 amide bonds. The normalized spacial score (nSPS) is 16.7. The molecule has 2 aromatic rings. The number of benzene rings is 1. The lowest BCUT2D eigenvalue weighted by Gasteiger charge is -2.33. The van der Waals surface area contributed by atoms with Gasteiger partial charge in [0.05, 0.1) is 11.3 Å². The summed E-state index contributed by atoms with van der Waals surface area (Å²) < 4.78 is 22.8. The molecule has 3 N–H and O–H groups in total. The van der Waals surface area contributed by atoms with Gasteiger partial charge in [-0.25, -0.2) is 8.42 Å². The molecule has 1 aromatic heterocycles. The second-order valence-electron chi connectivity index (χ2n) is 9.10. The van der Waals surface area contributed by atoms with Crippen molar-refractivity contribution in [1.29, 1.82) is 0 Å². The number of primary amides is 1. The number of carbonyl (C=O) groups excluding carboxylic acids is 2. The van der Waals surface area contributed by atoms with Gasteiger partial charge < -0.3 is 11.1 Å². The summed E-state index contributed by atoms with van der Waals surface area (Å²) >= 11 is 1.43. The lowest BCUT2D eigenvalue weighted by molar-refractivity contribution is 0.1000. The maximum absolute atomic E-state index is 12.7.